The molecule has 0 aromatic carbocycles. The third kappa shape index (κ3) is 3.05. The second-order valence-corrected chi connectivity index (χ2v) is 6.21. The maximum Gasteiger partial charge on any atom is 0.249 e. The van der Waals surface area contributed by atoms with Crippen LogP contribution in [0.2, 0.25) is 0 Å². The molecule has 2 saturated heterocycles. The minimum Gasteiger partial charge on any atom is -0.383 e. The molecule has 0 aromatic rings. The van der Waals surface area contributed by atoms with E-state index in [9.17, 15) is 13.6 Å². The summed E-state index contributed by atoms with van der Waals surface area (Å²) in [5, 5.41) is 0. The molecule has 3 rings (SSSR count). The molecule has 1 saturated carbocycles. The number of hydrogen-bond acceptors (Lipinski definition) is 4. The van der Waals surface area contributed by atoms with Gasteiger partial charge in [0.25, 0.3) is 0 Å². The molecule has 0 aromatic heterocycles. The van der Waals surface area contributed by atoms with E-state index in [0.29, 0.717) is 26.3 Å². The summed E-state index contributed by atoms with van der Waals surface area (Å²) in [4.78, 5) is 16.3. The van der Waals surface area contributed by atoms with Crippen LogP contribution in [0.4, 0.5) is 8.78 Å². The van der Waals surface area contributed by atoms with Crippen molar-refractivity contribution in [2.75, 3.05) is 46.5 Å². The highest BCUT2D eigenvalue weighted by atomic mass is 19.3. The molecule has 5 nitrogen and oxygen atoms in total. The first-order valence-electron chi connectivity index (χ1n) is 7.51. The lowest BCUT2D eigenvalue weighted by atomic mass is 9.80. The zero-order valence-electron chi connectivity index (χ0n) is 12.3. The first-order chi connectivity index (χ1) is 10.00. The molecular formula is C14H22F2N2O3. The summed E-state index contributed by atoms with van der Waals surface area (Å²) < 4.78 is 36.7. The van der Waals surface area contributed by atoms with Crippen molar-refractivity contribution in [2.45, 2.75) is 30.9 Å². The zero-order valence-corrected chi connectivity index (χ0v) is 12.3. The highest BCUT2D eigenvalue weighted by molar-refractivity contribution is 5.80. The smallest absolute Gasteiger partial charge is 0.249 e. The first-order valence-corrected chi connectivity index (χ1v) is 7.51. The van der Waals surface area contributed by atoms with Gasteiger partial charge < -0.3 is 14.4 Å². The number of amides is 1. The molecule has 2 atom stereocenters. The van der Waals surface area contributed by atoms with E-state index in [0.717, 1.165) is 13.1 Å². The van der Waals surface area contributed by atoms with Gasteiger partial charge in [0.15, 0.2) is 0 Å². The monoisotopic (exact) mass is 304 g/mol. The van der Waals surface area contributed by atoms with Gasteiger partial charge in [-0.2, -0.15) is 0 Å². The first kappa shape index (κ1) is 15.1. The van der Waals surface area contributed by atoms with E-state index in [1.165, 1.54) is 0 Å². The van der Waals surface area contributed by atoms with Crippen LogP contribution in [0.1, 0.15) is 12.8 Å². The van der Waals surface area contributed by atoms with Crippen LogP contribution in [0.3, 0.4) is 0 Å². The van der Waals surface area contributed by atoms with E-state index < -0.39 is 11.8 Å². The highest BCUT2D eigenvalue weighted by Crippen LogP contribution is 2.43. The van der Waals surface area contributed by atoms with E-state index in [1.807, 2.05) is 0 Å². The van der Waals surface area contributed by atoms with Crippen LogP contribution in [-0.2, 0) is 14.3 Å². The van der Waals surface area contributed by atoms with Gasteiger partial charge in [-0.3, -0.25) is 9.69 Å². The van der Waals surface area contributed by atoms with Gasteiger partial charge in [0, 0.05) is 52.0 Å². The summed E-state index contributed by atoms with van der Waals surface area (Å²) >= 11 is 0. The molecule has 0 spiro atoms. The zero-order chi connectivity index (χ0) is 15.0. The molecule has 120 valence electrons. The van der Waals surface area contributed by atoms with E-state index >= 15 is 0 Å². The number of morpholine rings is 1. The number of alkyl halides is 2. The quantitative estimate of drug-likeness (QED) is 0.762. The van der Waals surface area contributed by atoms with E-state index in [2.05, 4.69) is 4.90 Å². The lowest BCUT2D eigenvalue weighted by Gasteiger charge is -2.37. The van der Waals surface area contributed by atoms with Crippen molar-refractivity contribution in [3.05, 3.63) is 0 Å². The molecule has 1 amide bonds. The summed E-state index contributed by atoms with van der Waals surface area (Å²) in [7, 11) is 1.67. The van der Waals surface area contributed by atoms with Crippen molar-refractivity contribution < 1.29 is 23.0 Å². The number of ether oxygens (including phenoxy) is 2. The number of fused-ring (bicyclic) bond motifs is 1. The molecule has 0 bridgehead atoms. The Bertz CT molecular complexity index is 400. The minimum absolute atomic E-state index is 0.000132. The second kappa shape index (κ2) is 5.78. The highest BCUT2D eigenvalue weighted by Gasteiger charge is 2.51. The molecule has 0 N–H and O–H groups in total. The van der Waals surface area contributed by atoms with Crippen molar-refractivity contribution in [3.63, 3.8) is 0 Å². The van der Waals surface area contributed by atoms with Crippen molar-refractivity contribution in [2.24, 2.45) is 5.92 Å². The van der Waals surface area contributed by atoms with Gasteiger partial charge in [0.2, 0.25) is 11.8 Å². The van der Waals surface area contributed by atoms with E-state index in [4.69, 9.17) is 9.47 Å². The SMILES string of the molecule is COCCN1CCO[C@H]2CN(C(=O)C3CC(F)(F)C3)C[C@H]21. The van der Waals surface area contributed by atoms with Crippen LogP contribution < -0.4 is 0 Å². The largest absolute Gasteiger partial charge is 0.383 e. The van der Waals surface area contributed by atoms with Gasteiger partial charge in [0.05, 0.1) is 25.4 Å². The fourth-order valence-corrected chi connectivity index (χ4v) is 3.52. The van der Waals surface area contributed by atoms with Gasteiger partial charge in [-0.05, 0) is 0 Å². The van der Waals surface area contributed by atoms with Crippen LogP contribution in [0, 0.1) is 5.92 Å². The summed E-state index contributed by atoms with van der Waals surface area (Å²) in [6, 6.07) is 0.165. The Morgan fingerprint density at radius 2 is 2.14 bits per heavy atom. The summed E-state index contributed by atoms with van der Waals surface area (Å²) in [5.74, 6) is -3.29. The maximum absolute atomic E-state index is 12.9. The molecule has 1 aliphatic carbocycles. The summed E-state index contributed by atoms with van der Waals surface area (Å²) in [5.41, 5.74) is 0. The number of carbonyl (C=O) groups is 1. The minimum atomic E-state index is -2.65. The molecule has 7 heteroatoms. The molecule has 0 radical (unpaired) electrons. The van der Waals surface area contributed by atoms with E-state index in [1.54, 1.807) is 12.0 Å². The van der Waals surface area contributed by atoms with Gasteiger partial charge in [0.1, 0.15) is 0 Å². The standard InChI is InChI=1S/C14H22F2N2O3/c1-20-4-2-17-3-5-21-12-9-18(8-11(12)17)13(19)10-6-14(15,16)7-10/h10-12H,2-9H2,1H3/t11-,12+/m1/s1. The van der Waals surface area contributed by atoms with Crippen LogP contribution in [0.5, 0.6) is 0 Å². The Hall–Kier alpha value is -0.790. The number of methoxy groups -OCH3 is 1. The van der Waals surface area contributed by atoms with Gasteiger partial charge >= 0.3 is 0 Å². The van der Waals surface area contributed by atoms with Crippen LogP contribution >= 0.6 is 0 Å². The Morgan fingerprint density at radius 3 is 2.81 bits per heavy atom. The molecule has 3 aliphatic rings. The Kier molecular flexibility index (Phi) is 4.16. The third-order valence-electron chi connectivity index (χ3n) is 4.75. The number of rotatable bonds is 4. The lowest BCUT2D eigenvalue weighted by molar-refractivity contribution is -0.159. The van der Waals surface area contributed by atoms with E-state index in [-0.39, 0.29) is 30.9 Å². The number of nitrogens with zero attached hydrogens (tertiary/aromatic N) is 2. The molecule has 21 heavy (non-hydrogen) atoms. The Balaban J connectivity index is 1.57. The lowest BCUT2D eigenvalue weighted by Crippen LogP contribution is -2.51. The normalized spacial score (nSPS) is 32.8. The predicted molar refractivity (Wildman–Crippen MR) is 71.2 cm³/mol. The third-order valence-corrected chi connectivity index (χ3v) is 4.75. The van der Waals surface area contributed by atoms with Gasteiger partial charge in [-0.15, -0.1) is 0 Å². The molecule has 3 fully saturated rings. The van der Waals surface area contributed by atoms with Crippen molar-refractivity contribution >= 4 is 5.91 Å². The van der Waals surface area contributed by atoms with Crippen molar-refractivity contribution in [1.82, 2.24) is 9.80 Å². The fourth-order valence-electron chi connectivity index (χ4n) is 3.52. The number of carbonyl (C=O) groups excluding carboxylic acids is 1. The van der Waals surface area contributed by atoms with Gasteiger partial charge in [-0.1, -0.05) is 0 Å². The number of likely N-dealkylation sites (tertiary alicyclic amines) is 1. The molecular weight excluding hydrogens is 282 g/mol. The van der Waals surface area contributed by atoms with Crippen LogP contribution in [0.15, 0.2) is 0 Å². The Labute approximate surface area is 123 Å². The number of halogens is 2. The fraction of sp³-hybridized carbons (Fsp3) is 0.929. The average molecular weight is 304 g/mol. The number of hydrogen-bond donors (Lipinski definition) is 0. The summed E-state index contributed by atoms with van der Waals surface area (Å²) in [6.07, 6.45) is -0.599. The predicted octanol–water partition coefficient (Wildman–Crippen LogP) is 0.590. The molecule has 0 unspecified atom stereocenters. The van der Waals surface area contributed by atoms with Crippen LogP contribution in [-0.4, -0.2) is 80.3 Å². The molecule has 2 aliphatic heterocycles. The van der Waals surface area contributed by atoms with Crippen LogP contribution in [0.25, 0.3) is 0 Å². The average Bonchev–Trinajstić information content (AvgIpc) is 2.86. The summed E-state index contributed by atoms with van der Waals surface area (Å²) in [6.45, 7) is 4.03. The maximum atomic E-state index is 12.9. The van der Waals surface area contributed by atoms with Crippen molar-refractivity contribution in [3.8, 4) is 0 Å². The van der Waals surface area contributed by atoms with Crippen molar-refractivity contribution in [1.29, 1.82) is 0 Å². The molecule has 2 heterocycles. The van der Waals surface area contributed by atoms with Gasteiger partial charge in [-0.25, -0.2) is 8.78 Å². The second-order valence-electron chi connectivity index (χ2n) is 6.21. The Morgan fingerprint density at radius 1 is 1.38 bits per heavy atom. The topological polar surface area (TPSA) is 42.0 Å².